The standard InChI is InChI=1S/C4H3BrN2O2/c5-4-7-2(1-9-4)3(6)8/h1H,(H2,6,8). The molecule has 0 aliphatic rings. The van der Waals surface area contributed by atoms with Crippen LogP contribution in [-0.4, -0.2) is 10.9 Å². The number of halogens is 1. The normalized spacial score (nSPS) is 9.44. The number of rotatable bonds is 1. The van der Waals surface area contributed by atoms with Crippen molar-refractivity contribution in [1.82, 2.24) is 4.98 Å². The molecule has 9 heavy (non-hydrogen) atoms. The number of carbonyl (C=O) groups is 1. The third-order valence-corrected chi connectivity index (χ3v) is 1.09. The number of hydrogen-bond donors (Lipinski definition) is 1. The van der Waals surface area contributed by atoms with E-state index in [9.17, 15) is 4.79 Å². The number of hydrogen-bond acceptors (Lipinski definition) is 3. The van der Waals surface area contributed by atoms with E-state index in [0.29, 0.717) is 0 Å². The van der Waals surface area contributed by atoms with Gasteiger partial charge >= 0.3 is 0 Å². The molecule has 1 heterocycles. The van der Waals surface area contributed by atoms with Gasteiger partial charge in [0.05, 0.1) is 0 Å². The lowest BCUT2D eigenvalue weighted by Gasteiger charge is -1.77. The molecule has 5 heteroatoms. The van der Waals surface area contributed by atoms with Gasteiger partial charge in [-0.2, -0.15) is 4.98 Å². The second-order valence-corrected chi connectivity index (χ2v) is 2.03. The van der Waals surface area contributed by atoms with Crippen LogP contribution in [0.2, 0.25) is 0 Å². The first kappa shape index (κ1) is 6.28. The number of primary amides is 1. The number of carbonyl (C=O) groups excluding carboxylic acids is 1. The van der Waals surface area contributed by atoms with Crippen LogP contribution in [0.1, 0.15) is 10.5 Å². The van der Waals surface area contributed by atoms with Crippen LogP contribution in [0.15, 0.2) is 15.5 Å². The molecule has 0 aliphatic heterocycles. The van der Waals surface area contributed by atoms with Crippen molar-refractivity contribution in [1.29, 1.82) is 0 Å². The van der Waals surface area contributed by atoms with Gasteiger partial charge < -0.3 is 10.2 Å². The number of nitrogens with zero attached hydrogens (tertiary/aromatic N) is 1. The monoisotopic (exact) mass is 190 g/mol. The molecule has 0 spiro atoms. The minimum atomic E-state index is -0.593. The zero-order chi connectivity index (χ0) is 6.85. The fourth-order valence-corrected chi connectivity index (χ4v) is 0.650. The molecule has 4 nitrogen and oxygen atoms in total. The number of nitrogens with two attached hydrogens (primary N) is 1. The summed E-state index contributed by atoms with van der Waals surface area (Å²) in [7, 11) is 0. The molecular formula is C4H3BrN2O2. The summed E-state index contributed by atoms with van der Waals surface area (Å²) in [6, 6.07) is 0. The topological polar surface area (TPSA) is 69.1 Å². The fraction of sp³-hybridized carbons (Fsp3) is 0. The Bertz CT molecular complexity index is 232. The van der Waals surface area contributed by atoms with Crippen LogP contribution in [0, 0.1) is 0 Å². The summed E-state index contributed by atoms with van der Waals surface area (Å²) in [5.41, 5.74) is 4.97. The van der Waals surface area contributed by atoms with E-state index in [0.717, 1.165) is 0 Å². The van der Waals surface area contributed by atoms with Crippen molar-refractivity contribution in [3.63, 3.8) is 0 Å². The number of aromatic nitrogens is 1. The van der Waals surface area contributed by atoms with E-state index in [-0.39, 0.29) is 10.5 Å². The van der Waals surface area contributed by atoms with Gasteiger partial charge in [-0.1, -0.05) is 0 Å². The van der Waals surface area contributed by atoms with E-state index in [4.69, 9.17) is 5.73 Å². The highest BCUT2D eigenvalue weighted by molar-refractivity contribution is 9.10. The minimum absolute atomic E-state index is 0.127. The Labute approximate surface area is 59.2 Å². The highest BCUT2D eigenvalue weighted by Crippen LogP contribution is 2.07. The molecular weight excluding hydrogens is 188 g/mol. The van der Waals surface area contributed by atoms with Gasteiger partial charge in [0, 0.05) is 15.9 Å². The van der Waals surface area contributed by atoms with Crippen molar-refractivity contribution < 1.29 is 9.21 Å². The highest BCUT2D eigenvalue weighted by atomic mass is 79.9. The Morgan fingerprint density at radius 2 is 2.56 bits per heavy atom. The van der Waals surface area contributed by atoms with Gasteiger partial charge in [0.25, 0.3) is 10.7 Å². The Balaban J connectivity index is 2.98. The first-order chi connectivity index (χ1) is 4.20. The van der Waals surface area contributed by atoms with Crippen molar-refractivity contribution in [2.45, 2.75) is 0 Å². The molecule has 0 bridgehead atoms. The average Bonchev–Trinajstić information content (AvgIpc) is 2.14. The van der Waals surface area contributed by atoms with Crippen molar-refractivity contribution in [2.75, 3.05) is 0 Å². The van der Waals surface area contributed by atoms with Gasteiger partial charge in [-0.25, -0.2) is 0 Å². The summed E-state index contributed by atoms with van der Waals surface area (Å²) in [4.78, 5) is 14.1. The van der Waals surface area contributed by atoms with Gasteiger partial charge in [-0.05, 0) is 0 Å². The first-order valence-electron chi connectivity index (χ1n) is 2.11. The van der Waals surface area contributed by atoms with Crippen molar-refractivity contribution in [3.8, 4) is 0 Å². The van der Waals surface area contributed by atoms with Crippen molar-refractivity contribution in [3.05, 3.63) is 16.8 Å². The zero-order valence-corrected chi connectivity index (χ0v) is 5.88. The molecule has 48 valence electrons. The lowest BCUT2D eigenvalue weighted by molar-refractivity contribution is 0.0995. The van der Waals surface area contributed by atoms with Crippen LogP contribution in [0.25, 0.3) is 0 Å². The Morgan fingerprint density at radius 3 is 2.78 bits per heavy atom. The Kier molecular flexibility index (Phi) is 1.52. The van der Waals surface area contributed by atoms with Crippen LogP contribution in [-0.2, 0) is 0 Å². The maximum Gasteiger partial charge on any atom is 0.270 e. The molecule has 1 amide bonds. The molecule has 1 aromatic heterocycles. The highest BCUT2D eigenvalue weighted by Gasteiger charge is 2.04. The molecule has 1 rings (SSSR count). The third kappa shape index (κ3) is 1.29. The molecule has 0 radical (unpaired) electrons. The fourth-order valence-electron chi connectivity index (χ4n) is 0.365. The summed E-state index contributed by atoms with van der Waals surface area (Å²) >= 11 is 2.91. The summed E-state index contributed by atoms with van der Waals surface area (Å²) in [6.45, 7) is 0. The second-order valence-electron chi connectivity index (χ2n) is 1.35. The number of oxazole rings is 1. The first-order valence-corrected chi connectivity index (χ1v) is 2.90. The summed E-state index contributed by atoms with van der Waals surface area (Å²) < 4.78 is 4.63. The van der Waals surface area contributed by atoms with E-state index in [1.54, 1.807) is 0 Å². The number of amides is 1. The van der Waals surface area contributed by atoms with E-state index in [1.165, 1.54) is 6.26 Å². The Morgan fingerprint density at radius 1 is 1.89 bits per heavy atom. The molecule has 0 saturated carbocycles. The second kappa shape index (κ2) is 2.18. The van der Waals surface area contributed by atoms with Crippen molar-refractivity contribution in [2.24, 2.45) is 5.73 Å². The zero-order valence-electron chi connectivity index (χ0n) is 4.30. The molecule has 0 atom stereocenters. The van der Waals surface area contributed by atoms with Gasteiger partial charge in [-0.3, -0.25) is 4.79 Å². The van der Waals surface area contributed by atoms with E-state index in [2.05, 4.69) is 25.3 Å². The van der Waals surface area contributed by atoms with E-state index in [1.807, 2.05) is 0 Å². The van der Waals surface area contributed by atoms with Gasteiger partial charge in [0.15, 0.2) is 5.69 Å². The maximum atomic E-state index is 10.3. The molecule has 0 unspecified atom stereocenters. The average molecular weight is 191 g/mol. The Hall–Kier alpha value is -0.840. The van der Waals surface area contributed by atoms with Crippen LogP contribution in [0.3, 0.4) is 0 Å². The molecule has 0 saturated heterocycles. The van der Waals surface area contributed by atoms with E-state index >= 15 is 0 Å². The van der Waals surface area contributed by atoms with Crippen molar-refractivity contribution >= 4 is 21.8 Å². The lowest BCUT2D eigenvalue weighted by Crippen LogP contribution is -2.10. The van der Waals surface area contributed by atoms with Gasteiger partial charge in [-0.15, -0.1) is 0 Å². The smallest absolute Gasteiger partial charge is 0.270 e. The predicted octanol–water partition coefficient (Wildman–Crippen LogP) is 0.536. The summed E-state index contributed by atoms with van der Waals surface area (Å²) in [6.07, 6.45) is 1.19. The lowest BCUT2D eigenvalue weighted by atomic mass is 10.5. The molecule has 0 fully saturated rings. The SMILES string of the molecule is NC(=O)c1coc(Br)n1. The van der Waals surface area contributed by atoms with Crippen LogP contribution < -0.4 is 5.73 Å². The van der Waals surface area contributed by atoms with Crippen LogP contribution >= 0.6 is 15.9 Å². The molecule has 2 N–H and O–H groups in total. The summed E-state index contributed by atoms with van der Waals surface area (Å²) in [5, 5.41) is 0. The largest absolute Gasteiger partial charge is 0.439 e. The van der Waals surface area contributed by atoms with E-state index < -0.39 is 5.91 Å². The van der Waals surface area contributed by atoms with Gasteiger partial charge in [0.2, 0.25) is 0 Å². The molecule has 1 aromatic rings. The third-order valence-electron chi connectivity index (χ3n) is 0.729. The minimum Gasteiger partial charge on any atom is -0.439 e. The quantitative estimate of drug-likeness (QED) is 0.703. The molecule has 0 aliphatic carbocycles. The predicted molar refractivity (Wildman–Crippen MR) is 32.7 cm³/mol. The maximum absolute atomic E-state index is 10.3. The van der Waals surface area contributed by atoms with Crippen LogP contribution in [0.4, 0.5) is 0 Å². The van der Waals surface area contributed by atoms with Gasteiger partial charge in [0.1, 0.15) is 6.26 Å². The van der Waals surface area contributed by atoms with Crippen LogP contribution in [0.5, 0.6) is 0 Å². The summed E-state index contributed by atoms with van der Waals surface area (Å²) in [5.74, 6) is -0.593. The molecule has 0 aromatic carbocycles.